The first-order chi connectivity index (χ1) is 7.24. The number of carbonyl (C=O) groups excluding carboxylic acids is 1. The second kappa shape index (κ2) is 3.56. The summed E-state index contributed by atoms with van der Waals surface area (Å²) in [5.74, 6) is 2.14. The van der Waals surface area contributed by atoms with Crippen LogP contribution in [0.15, 0.2) is 0 Å². The van der Waals surface area contributed by atoms with Crippen molar-refractivity contribution in [1.29, 1.82) is 0 Å². The van der Waals surface area contributed by atoms with E-state index in [9.17, 15) is 4.79 Å². The van der Waals surface area contributed by atoms with E-state index >= 15 is 0 Å². The van der Waals surface area contributed by atoms with Crippen LogP contribution in [0.3, 0.4) is 0 Å². The van der Waals surface area contributed by atoms with Gasteiger partial charge in [-0.05, 0) is 32.2 Å². The third-order valence-corrected chi connectivity index (χ3v) is 4.50. The van der Waals surface area contributed by atoms with E-state index in [2.05, 4.69) is 16.8 Å². The lowest BCUT2D eigenvalue weighted by atomic mass is 9.87. The average Bonchev–Trinajstić information content (AvgIpc) is 2.86. The molecule has 1 saturated heterocycles. The molecule has 0 aromatic heterocycles. The van der Waals surface area contributed by atoms with Crippen LogP contribution in [0.4, 0.5) is 0 Å². The van der Waals surface area contributed by atoms with Gasteiger partial charge < -0.3 is 0 Å². The molecule has 0 radical (unpaired) electrons. The molecule has 0 amide bonds. The smallest absolute Gasteiger partial charge is 0.140 e. The van der Waals surface area contributed by atoms with Gasteiger partial charge in [0.1, 0.15) is 5.78 Å². The van der Waals surface area contributed by atoms with Crippen LogP contribution in [-0.2, 0) is 4.79 Å². The number of likely N-dealkylation sites (N-methyl/N-ethyl adjacent to an activating group) is 1. The summed E-state index contributed by atoms with van der Waals surface area (Å²) >= 11 is 0. The molecule has 2 aliphatic carbocycles. The molecule has 3 fully saturated rings. The van der Waals surface area contributed by atoms with Crippen molar-refractivity contribution in [2.24, 2.45) is 17.8 Å². The van der Waals surface area contributed by atoms with Gasteiger partial charge in [0.15, 0.2) is 0 Å². The van der Waals surface area contributed by atoms with Gasteiger partial charge in [0.05, 0.1) is 6.67 Å². The van der Waals surface area contributed by atoms with Crippen LogP contribution in [0, 0.1) is 17.8 Å². The Morgan fingerprint density at radius 2 is 2.20 bits per heavy atom. The maximum absolute atomic E-state index is 12.0. The van der Waals surface area contributed by atoms with E-state index in [1.165, 1.54) is 19.3 Å². The highest BCUT2D eigenvalue weighted by Gasteiger charge is 2.47. The molecule has 3 nitrogen and oxygen atoms in total. The predicted molar refractivity (Wildman–Crippen MR) is 58.4 cm³/mol. The summed E-state index contributed by atoms with van der Waals surface area (Å²) in [6.07, 6.45) is 3.69. The number of Topliss-reactive ketones (excluding diaryl/α,β-unsaturated/α-hetero) is 1. The number of rotatable bonds is 2. The Morgan fingerprint density at radius 3 is 2.80 bits per heavy atom. The summed E-state index contributed by atoms with van der Waals surface area (Å²) in [6.45, 7) is 4.40. The van der Waals surface area contributed by atoms with Crippen molar-refractivity contribution in [2.75, 3.05) is 33.4 Å². The summed E-state index contributed by atoms with van der Waals surface area (Å²) in [5.41, 5.74) is 0. The van der Waals surface area contributed by atoms with Gasteiger partial charge in [0, 0.05) is 31.5 Å². The Bertz CT molecular complexity index is 279. The van der Waals surface area contributed by atoms with Crippen LogP contribution in [0.5, 0.6) is 0 Å². The van der Waals surface area contributed by atoms with Crippen LogP contribution in [0.1, 0.15) is 19.3 Å². The number of hydrogen-bond donors (Lipinski definition) is 0. The highest BCUT2D eigenvalue weighted by Crippen LogP contribution is 2.46. The van der Waals surface area contributed by atoms with E-state index in [0.717, 1.165) is 32.2 Å². The molecular weight excluding hydrogens is 188 g/mol. The highest BCUT2D eigenvalue weighted by atomic mass is 16.1. The Balaban J connectivity index is 1.62. The van der Waals surface area contributed by atoms with Crippen molar-refractivity contribution in [3.63, 3.8) is 0 Å². The minimum absolute atomic E-state index is 0.384. The topological polar surface area (TPSA) is 23.6 Å². The molecule has 15 heavy (non-hydrogen) atoms. The van der Waals surface area contributed by atoms with Crippen LogP contribution >= 0.6 is 0 Å². The SMILES string of the molecule is CN1CCN(CC2C(=O)C3CCC2C3)C1. The summed E-state index contributed by atoms with van der Waals surface area (Å²) < 4.78 is 0. The van der Waals surface area contributed by atoms with Crippen molar-refractivity contribution in [3.8, 4) is 0 Å². The number of nitrogens with zero attached hydrogens (tertiary/aromatic N) is 2. The molecule has 2 bridgehead atoms. The standard InChI is InChI=1S/C12H20N2O/c1-13-4-5-14(8-13)7-11-9-2-3-10(6-9)12(11)15/h9-11H,2-8H2,1H3. The van der Waals surface area contributed by atoms with Gasteiger partial charge in [0.25, 0.3) is 0 Å². The number of fused-ring (bicyclic) bond motifs is 2. The molecular formula is C12H20N2O. The molecule has 0 aromatic rings. The van der Waals surface area contributed by atoms with E-state index in [4.69, 9.17) is 0 Å². The zero-order valence-corrected chi connectivity index (χ0v) is 9.48. The van der Waals surface area contributed by atoms with Crippen LogP contribution in [0.25, 0.3) is 0 Å². The monoisotopic (exact) mass is 208 g/mol. The minimum atomic E-state index is 0.384. The van der Waals surface area contributed by atoms with Crippen molar-refractivity contribution >= 4 is 5.78 Å². The van der Waals surface area contributed by atoms with Crippen LogP contribution < -0.4 is 0 Å². The molecule has 84 valence electrons. The van der Waals surface area contributed by atoms with Gasteiger partial charge >= 0.3 is 0 Å². The van der Waals surface area contributed by atoms with E-state index in [0.29, 0.717) is 17.6 Å². The molecule has 3 aliphatic rings. The summed E-state index contributed by atoms with van der Waals surface area (Å²) in [6, 6.07) is 0. The number of hydrogen-bond acceptors (Lipinski definition) is 3. The van der Waals surface area contributed by atoms with E-state index in [1.54, 1.807) is 0 Å². The molecule has 3 atom stereocenters. The summed E-state index contributed by atoms with van der Waals surface area (Å²) in [7, 11) is 2.16. The zero-order chi connectivity index (χ0) is 10.4. The van der Waals surface area contributed by atoms with Crippen molar-refractivity contribution in [3.05, 3.63) is 0 Å². The third-order valence-electron chi connectivity index (χ3n) is 4.50. The normalized spacial score (nSPS) is 41.9. The molecule has 3 rings (SSSR count). The second-order valence-electron chi connectivity index (χ2n) is 5.58. The van der Waals surface area contributed by atoms with E-state index in [1.807, 2.05) is 0 Å². The Labute approximate surface area is 91.4 Å². The van der Waals surface area contributed by atoms with Crippen LogP contribution in [0.2, 0.25) is 0 Å². The molecule has 3 unspecified atom stereocenters. The lowest BCUT2D eigenvalue weighted by Crippen LogP contribution is -2.35. The fourth-order valence-corrected chi connectivity index (χ4v) is 3.64. The van der Waals surface area contributed by atoms with Crippen molar-refractivity contribution in [2.45, 2.75) is 19.3 Å². The first kappa shape index (κ1) is 9.79. The van der Waals surface area contributed by atoms with Gasteiger partial charge in [-0.2, -0.15) is 0 Å². The first-order valence-electron chi connectivity index (χ1n) is 6.18. The highest BCUT2D eigenvalue weighted by molar-refractivity contribution is 5.87. The van der Waals surface area contributed by atoms with E-state index in [-0.39, 0.29) is 0 Å². The largest absolute Gasteiger partial charge is 0.299 e. The molecule has 2 saturated carbocycles. The van der Waals surface area contributed by atoms with E-state index < -0.39 is 0 Å². The Morgan fingerprint density at radius 1 is 1.33 bits per heavy atom. The lowest BCUT2D eigenvalue weighted by molar-refractivity contribution is -0.126. The van der Waals surface area contributed by atoms with Crippen molar-refractivity contribution < 1.29 is 4.79 Å². The van der Waals surface area contributed by atoms with Crippen molar-refractivity contribution in [1.82, 2.24) is 9.80 Å². The average molecular weight is 208 g/mol. The lowest BCUT2D eigenvalue weighted by Gasteiger charge is -2.25. The molecule has 3 heteroatoms. The molecule has 1 heterocycles. The zero-order valence-electron chi connectivity index (χ0n) is 9.48. The molecule has 0 spiro atoms. The Hall–Kier alpha value is -0.410. The fraction of sp³-hybridized carbons (Fsp3) is 0.917. The van der Waals surface area contributed by atoms with Gasteiger partial charge in [0.2, 0.25) is 0 Å². The molecule has 0 N–H and O–H groups in total. The predicted octanol–water partition coefficient (Wildman–Crippen LogP) is 0.806. The molecule has 0 aromatic carbocycles. The Kier molecular flexibility index (Phi) is 2.33. The third kappa shape index (κ3) is 1.62. The second-order valence-corrected chi connectivity index (χ2v) is 5.58. The maximum atomic E-state index is 12.0. The maximum Gasteiger partial charge on any atom is 0.140 e. The first-order valence-corrected chi connectivity index (χ1v) is 6.18. The number of ketones is 1. The van der Waals surface area contributed by atoms with Gasteiger partial charge in [-0.3, -0.25) is 14.6 Å². The summed E-state index contributed by atoms with van der Waals surface area (Å²) in [5, 5.41) is 0. The van der Waals surface area contributed by atoms with Gasteiger partial charge in [-0.15, -0.1) is 0 Å². The quantitative estimate of drug-likeness (QED) is 0.671. The summed E-state index contributed by atoms with van der Waals surface area (Å²) in [4.78, 5) is 16.8. The fourth-order valence-electron chi connectivity index (χ4n) is 3.64. The van der Waals surface area contributed by atoms with Crippen LogP contribution in [-0.4, -0.2) is 48.9 Å². The van der Waals surface area contributed by atoms with Gasteiger partial charge in [-0.1, -0.05) is 0 Å². The number of carbonyl (C=O) groups is 1. The van der Waals surface area contributed by atoms with Gasteiger partial charge in [-0.25, -0.2) is 0 Å². The minimum Gasteiger partial charge on any atom is -0.299 e. The molecule has 1 aliphatic heterocycles.